The molecule has 0 atom stereocenters. The van der Waals surface area contributed by atoms with E-state index >= 15 is 0 Å². The molecule has 0 saturated carbocycles. The molecule has 0 aliphatic carbocycles. The number of hydrogen-bond donors (Lipinski definition) is 1. The van der Waals surface area contributed by atoms with E-state index in [1.54, 1.807) is 0 Å². The first-order valence-electron chi connectivity index (χ1n) is 9.05. The highest BCUT2D eigenvalue weighted by Crippen LogP contribution is 2.14. The molecule has 0 amide bonds. The Morgan fingerprint density at radius 3 is 2.58 bits per heavy atom. The van der Waals surface area contributed by atoms with Gasteiger partial charge in [-0.15, -0.1) is 0 Å². The van der Waals surface area contributed by atoms with Gasteiger partial charge in [-0.3, -0.25) is 4.90 Å². The van der Waals surface area contributed by atoms with Gasteiger partial charge in [0.25, 0.3) is 0 Å². The Kier molecular flexibility index (Phi) is 7.03. The van der Waals surface area contributed by atoms with Crippen molar-refractivity contribution >= 4 is 0 Å². The fraction of sp³-hybridized carbons (Fsp3) is 0.381. The molecule has 1 N–H and O–H groups in total. The summed E-state index contributed by atoms with van der Waals surface area (Å²) in [6, 6.07) is 18.0. The van der Waals surface area contributed by atoms with Gasteiger partial charge in [-0.1, -0.05) is 24.3 Å². The number of ether oxygens (including phenoxy) is 2. The van der Waals surface area contributed by atoms with Crippen LogP contribution < -0.4 is 10.1 Å². The molecule has 5 heteroatoms. The van der Waals surface area contributed by atoms with E-state index in [-0.39, 0.29) is 0 Å². The highest BCUT2D eigenvalue weighted by molar-refractivity contribution is 5.32. The lowest BCUT2D eigenvalue weighted by Gasteiger charge is -2.26. The summed E-state index contributed by atoms with van der Waals surface area (Å²) in [5.74, 6) is 0.913. The second-order valence-electron chi connectivity index (χ2n) is 6.36. The van der Waals surface area contributed by atoms with E-state index < -0.39 is 0 Å². The maximum Gasteiger partial charge on any atom is 0.119 e. The molecule has 2 aromatic carbocycles. The van der Waals surface area contributed by atoms with Crippen molar-refractivity contribution in [1.29, 1.82) is 5.26 Å². The first-order chi connectivity index (χ1) is 12.8. The van der Waals surface area contributed by atoms with Crippen LogP contribution >= 0.6 is 0 Å². The third-order valence-electron chi connectivity index (χ3n) is 4.42. The Bertz CT molecular complexity index is 719. The number of benzene rings is 2. The van der Waals surface area contributed by atoms with Crippen molar-refractivity contribution in [3.8, 4) is 11.8 Å². The number of hydrogen-bond acceptors (Lipinski definition) is 5. The van der Waals surface area contributed by atoms with Gasteiger partial charge in [0.2, 0.25) is 0 Å². The van der Waals surface area contributed by atoms with Crippen LogP contribution in [0.15, 0.2) is 48.5 Å². The zero-order valence-electron chi connectivity index (χ0n) is 15.0. The minimum absolute atomic E-state index is 0.690. The molecule has 0 unspecified atom stereocenters. The van der Waals surface area contributed by atoms with Crippen molar-refractivity contribution in [2.45, 2.75) is 13.1 Å². The normalized spacial score (nSPS) is 14.7. The lowest BCUT2D eigenvalue weighted by Crippen LogP contribution is -2.38. The summed E-state index contributed by atoms with van der Waals surface area (Å²) in [5, 5.41) is 12.3. The van der Waals surface area contributed by atoms with Crippen LogP contribution in [-0.4, -0.2) is 44.4 Å². The number of morpholine rings is 1. The molecule has 5 nitrogen and oxygen atoms in total. The van der Waals surface area contributed by atoms with Gasteiger partial charge in [-0.25, -0.2) is 0 Å². The van der Waals surface area contributed by atoms with Crippen LogP contribution in [0, 0.1) is 11.3 Å². The van der Waals surface area contributed by atoms with Crippen LogP contribution in [0.1, 0.15) is 16.7 Å². The van der Waals surface area contributed by atoms with Crippen molar-refractivity contribution in [3.05, 3.63) is 65.2 Å². The van der Waals surface area contributed by atoms with Gasteiger partial charge in [0.05, 0.1) is 24.8 Å². The second kappa shape index (κ2) is 9.93. The Labute approximate surface area is 155 Å². The second-order valence-corrected chi connectivity index (χ2v) is 6.36. The van der Waals surface area contributed by atoms with E-state index in [9.17, 15) is 0 Å². The van der Waals surface area contributed by atoms with Crippen LogP contribution in [0.4, 0.5) is 0 Å². The minimum atomic E-state index is 0.690. The topological polar surface area (TPSA) is 57.5 Å². The van der Waals surface area contributed by atoms with Crippen molar-refractivity contribution in [2.24, 2.45) is 0 Å². The van der Waals surface area contributed by atoms with E-state index in [1.807, 2.05) is 36.4 Å². The van der Waals surface area contributed by atoms with Gasteiger partial charge in [0.15, 0.2) is 0 Å². The molecule has 0 spiro atoms. The summed E-state index contributed by atoms with van der Waals surface area (Å²) < 4.78 is 11.3. The van der Waals surface area contributed by atoms with Crippen LogP contribution in [0.3, 0.4) is 0 Å². The molecule has 0 radical (unpaired) electrons. The SMILES string of the molecule is N#Cc1ccc(CNCc2cccc(OCCN3CCOCC3)c2)cc1. The monoisotopic (exact) mass is 351 g/mol. The average molecular weight is 351 g/mol. The summed E-state index contributed by atoms with van der Waals surface area (Å²) in [6.07, 6.45) is 0. The zero-order chi connectivity index (χ0) is 18.0. The fourth-order valence-electron chi connectivity index (χ4n) is 2.91. The van der Waals surface area contributed by atoms with E-state index in [1.165, 1.54) is 11.1 Å². The number of nitriles is 1. The molecule has 136 valence electrons. The quantitative estimate of drug-likeness (QED) is 0.792. The Morgan fingerprint density at radius 1 is 1.04 bits per heavy atom. The summed E-state index contributed by atoms with van der Waals surface area (Å²) in [7, 11) is 0. The molecular weight excluding hydrogens is 326 g/mol. The van der Waals surface area contributed by atoms with Crippen molar-refractivity contribution in [2.75, 3.05) is 39.5 Å². The molecule has 0 bridgehead atoms. The number of nitrogens with one attached hydrogen (secondary N) is 1. The maximum absolute atomic E-state index is 8.83. The third kappa shape index (κ3) is 5.85. The summed E-state index contributed by atoms with van der Waals surface area (Å²) in [4.78, 5) is 2.37. The first kappa shape index (κ1) is 18.4. The molecule has 26 heavy (non-hydrogen) atoms. The smallest absolute Gasteiger partial charge is 0.119 e. The summed E-state index contributed by atoms with van der Waals surface area (Å²) in [6.45, 7) is 6.80. The van der Waals surface area contributed by atoms with Gasteiger partial charge in [0.1, 0.15) is 12.4 Å². The van der Waals surface area contributed by atoms with Crippen molar-refractivity contribution in [1.82, 2.24) is 10.2 Å². The number of nitrogens with zero attached hydrogens (tertiary/aromatic N) is 2. The lowest BCUT2D eigenvalue weighted by atomic mass is 10.1. The Balaban J connectivity index is 1.40. The van der Waals surface area contributed by atoms with Crippen LogP contribution in [0.2, 0.25) is 0 Å². The van der Waals surface area contributed by atoms with Gasteiger partial charge < -0.3 is 14.8 Å². The lowest BCUT2D eigenvalue weighted by molar-refractivity contribution is 0.0322. The van der Waals surface area contributed by atoms with Gasteiger partial charge in [0, 0.05) is 32.7 Å². The van der Waals surface area contributed by atoms with Crippen molar-refractivity contribution in [3.63, 3.8) is 0 Å². The summed E-state index contributed by atoms with van der Waals surface area (Å²) >= 11 is 0. The third-order valence-corrected chi connectivity index (χ3v) is 4.42. The van der Waals surface area contributed by atoms with E-state index in [0.29, 0.717) is 12.2 Å². The minimum Gasteiger partial charge on any atom is -0.492 e. The van der Waals surface area contributed by atoms with E-state index in [0.717, 1.165) is 51.7 Å². The highest BCUT2D eigenvalue weighted by atomic mass is 16.5. The van der Waals surface area contributed by atoms with E-state index in [2.05, 4.69) is 28.4 Å². The Morgan fingerprint density at radius 2 is 1.81 bits per heavy atom. The van der Waals surface area contributed by atoms with Crippen LogP contribution in [-0.2, 0) is 17.8 Å². The molecule has 0 aromatic heterocycles. The zero-order valence-corrected chi connectivity index (χ0v) is 15.0. The molecule has 3 rings (SSSR count). The maximum atomic E-state index is 8.83. The number of rotatable bonds is 8. The van der Waals surface area contributed by atoms with Gasteiger partial charge in [-0.05, 0) is 35.4 Å². The molecule has 2 aromatic rings. The van der Waals surface area contributed by atoms with Gasteiger partial charge in [-0.2, -0.15) is 5.26 Å². The first-order valence-corrected chi connectivity index (χ1v) is 9.05. The average Bonchev–Trinajstić information content (AvgIpc) is 2.70. The van der Waals surface area contributed by atoms with Crippen molar-refractivity contribution < 1.29 is 9.47 Å². The fourth-order valence-corrected chi connectivity index (χ4v) is 2.91. The summed E-state index contributed by atoms with van der Waals surface area (Å²) in [5.41, 5.74) is 3.06. The Hall–Kier alpha value is -2.39. The highest BCUT2D eigenvalue weighted by Gasteiger charge is 2.09. The standard InChI is InChI=1S/C21H25N3O2/c22-15-18-4-6-19(7-5-18)16-23-17-20-2-1-3-21(14-20)26-13-10-24-8-11-25-12-9-24/h1-7,14,23H,8-13,16-17H2. The molecule has 1 heterocycles. The molecule has 1 saturated heterocycles. The van der Waals surface area contributed by atoms with Crippen LogP contribution in [0.5, 0.6) is 5.75 Å². The predicted octanol–water partition coefficient (Wildman–Crippen LogP) is 2.56. The van der Waals surface area contributed by atoms with Gasteiger partial charge >= 0.3 is 0 Å². The van der Waals surface area contributed by atoms with E-state index in [4.69, 9.17) is 14.7 Å². The molecule has 1 fully saturated rings. The molecule has 1 aliphatic heterocycles. The molecular formula is C21H25N3O2. The molecule has 1 aliphatic rings. The van der Waals surface area contributed by atoms with Crippen LogP contribution in [0.25, 0.3) is 0 Å². The largest absolute Gasteiger partial charge is 0.492 e. The predicted molar refractivity (Wildman–Crippen MR) is 101 cm³/mol.